The summed E-state index contributed by atoms with van der Waals surface area (Å²) in [4.78, 5) is 52.9. The number of carbonyl (C=O) groups excluding carboxylic acids is 4. The van der Waals surface area contributed by atoms with Crippen LogP contribution in [-0.2, 0) is 25.9 Å². The van der Waals surface area contributed by atoms with Crippen molar-refractivity contribution < 1.29 is 19.2 Å². The summed E-state index contributed by atoms with van der Waals surface area (Å²) in [5.41, 5.74) is 2.40. The predicted molar refractivity (Wildman–Crippen MR) is 160 cm³/mol. The van der Waals surface area contributed by atoms with E-state index in [9.17, 15) is 19.2 Å². The van der Waals surface area contributed by atoms with Gasteiger partial charge in [0.15, 0.2) is 0 Å². The van der Waals surface area contributed by atoms with E-state index in [2.05, 4.69) is 26.2 Å². The Bertz CT molecular complexity index is 1420. The zero-order valence-electron chi connectivity index (χ0n) is 25.2. The fourth-order valence-electron chi connectivity index (χ4n) is 4.34. The second-order valence-corrected chi connectivity index (χ2v) is 11.8. The van der Waals surface area contributed by atoms with E-state index in [0.717, 1.165) is 13.0 Å². The minimum Gasteiger partial charge on any atom is -0.351 e. The van der Waals surface area contributed by atoms with Gasteiger partial charge in [-0.05, 0) is 50.7 Å². The van der Waals surface area contributed by atoms with Crippen molar-refractivity contribution in [3.63, 3.8) is 0 Å². The van der Waals surface area contributed by atoms with Gasteiger partial charge in [-0.3, -0.25) is 19.2 Å². The van der Waals surface area contributed by atoms with Crippen LogP contribution in [0.5, 0.6) is 0 Å². The van der Waals surface area contributed by atoms with Gasteiger partial charge in [-0.25, -0.2) is 0 Å². The summed E-state index contributed by atoms with van der Waals surface area (Å²) >= 11 is 0. The van der Waals surface area contributed by atoms with Gasteiger partial charge in [-0.1, -0.05) is 20.8 Å². The first kappa shape index (κ1) is 31.2. The number of hydrogen-bond donors (Lipinski definition) is 4. The van der Waals surface area contributed by atoms with E-state index < -0.39 is 0 Å². The lowest BCUT2D eigenvalue weighted by Crippen LogP contribution is -2.28. The Kier molecular flexibility index (Phi) is 9.82. The number of nitrogens with one attached hydrogen (secondary N) is 4. The lowest BCUT2D eigenvalue weighted by atomic mass is 9.92. The number of aromatic nitrogens is 3. The van der Waals surface area contributed by atoms with E-state index in [1.165, 1.54) is 0 Å². The van der Waals surface area contributed by atoms with Crippen LogP contribution in [-0.4, -0.2) is 69.4 Å². The van der Waals surface area contributed by atoms with E-state index >= 15 is 0 Å². The smallest absolute Gasteiger partial charge is 0.272 e. The van der Waals surface area contributed by atoms with E-state index in [0.29, 0.717) is 47.1 Å². The number of anilines is 3. The molecule has 0 radical (unpaired) electrons. The van der Waals surface area contributed by atoms with Crippen molar-refractivity contribution in [3.8, 4) is 0 Å². The Morgan fingerprint density at radius 3 is 1.54 bits per heavy atom. The van der Waals surface area contributed by atoms with Crippen LogP contribution in [0.3, 0.4) is 0 Å². The average molecular weight is 567 g/mol. The summed E-state index contributed by atoms with van der Waals surface area (Å²) in [6.45, 7) is 7.37. The van der Waals surface area contributed by atoms with Crippen LogP contribution in [0.2, 0.25) is 0 Å². The van der Waals surface area contributed by atoms with Gasteiger partial charge in [0.2, 0.25) is 5.91 Å². The van der Waals surface area contributed by atoms with Gasteiger partial charge < -0.3 is 39.9 Å². The number of rotatable bonds is 11. The van der Waals surface area contributed by atoms with Crippen LogP contribution in [0, 0.1) is 5.41 Å². The Morgan fingerprint density at radius 2 is 1.12 bits per heavy atom. The summed E-state index contributed by atoms with van der Waals surface area (Å²) in [5, 5.41) is 11.4. The Balaban J connectivity index is 1.62. The van der Waals surface area contributed by atoms with Crippen LogP contribution in [0.1, 0.15) is 65.1 Å². The molecule has 3 aromatic heterocycles. The maximum absolute atomic E-state index is 13.0. The molecule has 12 heteroatoms. The molecule has 3 heterocycles. The third-order valence-electron chi connectivity index (χ3n) is 6.27. The molecule has 0 fully saturated rings. The molecule has 0 aliphatic rings. The maximum atomic E-state index is 13.0. The van der Waals surface area contributed by atoms with Gasteiger partial charge in [0.1, 0.15) is 17.1 Å². The number of aryl methyl sites for hydroxylation is 3. The third-order valence-corrected chi connectivity index (χ3v) is 6.27. The highest BCUT2D eigenvalue weighted by atomic mass is 16.2. The quantitative estimate of drug-likeness (QED) is 0.264. The summed E-state index contributed by atoms with van der Waals surface area (Å²) in [6, 6.07) is 4.80. The van der Waals surface area contributed by atoms with E-state index in [1.807, 2.05) is 34.9 Å². The molecule has 4 amide bonds. The second-order valence-electron chi connectivity index (χ2n) is 11.8. The van der Waals surface area contributed by atoms with Crippen LogP contribution in [0.15, 0.2) is 36.8 Å². The first-order chi connectivity index (χ1) is 19.1. The van der Waals surface area contributed by atoms with Crippen molar-refractivity contribution in [2.75, 3.05) is 43.1 Å². The first-order valence-electron chi connectivity index (χ1n) is 13.5. The molecule has 12 nitrogen and oxygen atoms in total. The van der Waals surface area contributed by atoms with Gasteiger partial charge in [0, 0.05) is 52.7 Å². The van der Waals surface area contributed by atoms with Gasteiger partial charge in [0.05, 0.1) is 17.1 Å². The maximum Gasteiger partial charge on any atom is 0.272 e. The minimum absolute atomic E-state index is 0.125. The zero-order chi connectivity index (χ0) is 30.5. The predicted octanol–water partition coefficient (Wildman–Crippen LogP) is 3.26. The molecular weight excluding hydrogens is 524 g/mol. The number of carbonyl (C=O) groups is 4. The standard InChI is InChI=1S/C29H42N8O4/c1-29(2,3)15-25(38)31-19-12-23(36(7)16-19)27(40)33-21-14-24(37(8)18-21)28(41)32-20-13-22(35(6)17-20)26(39)30-10-9-11-34(4)5/h12-14,16-18H,9-11,15H2,1-8H3,(H,30,39)(H,31,38)(H,32,41)(H,33,40). The van der Waals surface area contributed by atoms with Gasteiger partial charge >= 0.3 is 0 Å². The molecule has 0 spiro atoms. The van der Waals surface area contributed by atoms with Crippen LogP contribution in [0.25, 0.3) is 0 Å². The Labute approximate surface area is 241 Å². The third kappa shape index (κ3) is 8.84. The number of amides is 4. The largest absolute Gasteiger partial charge is 0.351 e. The molecule has 0 aromatic carbocycles. The molecule has 0 bridgehead atoms. The topological polar surface area (TPSA) is 134 Å². The molecular formula is C29H42N8O4. The monoisotopic (exact) mass is 566 g/mol. The zero-order valence-corrected chi connectivity index (χ0v) is 25.2. The average Bonchev–Trinajstić information content (AvgIpc) is 3.51. The second kappa shape index (κ2) is 12.9. The fourth-order valence-corrected chi connectivity index (χ4v) is 4.34. The van der Waals surface area contributed by atoms with E-state index in [4.69, 9.17) is 0 Å². The van der Waals surface area contributed by atoms with Crippen LogP contribution >= 0.6 is 0 Å². The molecule has 4 N–H and O–H groups in total. The van der Waals surface area contributed by atoms with Crippen molar-refractivity contribution in [3.05, 3.63) is 53.9 Å². The van der Waals surface area contributed by atoms with E-state index in [1.54, 1.807) is 71.6 Å². The molecule has 41 heavy (non-hydrogen) atoms. The summed E-state index contributed by atoms with van der Waals surface area (Å²) < 4.78 is 4.90. The normalized spacial score (nSPS) is 11.4. The molecule has 0 unspecified atom stereocenters. The lowest BCUT2D eigenvalue weighted by Gasteiger charge is -2.16. The number of hydrogen-bond acceptors (Lipinski definition) is 5. The molecule has 3 aromatic rings. The van der Waals surface area contributed by atoms with Gasteiger partial charge in [0.25, 0.3) is 17.7 Å². The SMILES string of the molecule is CN(C)CCCNC(=O)c1cc(NC(=O)c2cc(NC(=O)c3cc(NC(=O)CC(C)(C)C)cn3C)cn2C)cn1C. The van der Waals surface area contributed by atoms with Crippen molar-refractivity contribution in [1.29, 1.82) is 0 Å². The Hall–Kier alpha value is -4.32. The molecule has 0 saturated carbocycles. The van der Waals surface area contributed by atoms with E-state index in [-0.39, 0.29) is 29.0 Å². The Morgan fingerprint density at radius 1 is 0.707 bits per heavy atom. The molecule has 0 aliphatic heterocycles. The highest BCUT2D eigenvalue weighted by molar-refractivity contribution is 6.07. The van der Waals surface area contributed by atoms with Crippen molar-refractivity contribution in [2.24, 2.45) is 26.6 Å². The van der Waals surface area contributed by atoms with Crippen molar-refractivity contribution in [1.82, 2.24) is 23.9 Å². The lowest BCUT2D eigenvalue weighted by molar-refractivity contribution is -0.117. The van der Waals surface area contributed by atoms with Crippen molar-refractivity contribution in [2.45, 2.75) is 33.6 Å². The molecule has 3 rings (SSSR count). The first-order valence-corrected chi connectivity index (χ1v) is 13.5. The summed E-state index contributed by atoms with van der Waals surface area (Å²) in [6.07, 6.45) is 6.17. The minimum atomic E-state index is -0.390. The highest BCUT2D eigenvalue weighted by Crippen LogP contribution is 2.22. The fraction of sp³-hybridized carbons (Fsp3) is 0.448. The highest BCUT2D eigenvalue weighted by Gasteiger charge is 2.20. The molecule has 0 saturated heterocycles. The van der Waals surface area contributed by atoms with Gasteiger partial charge in [-0.15, -0.1) is 0 Å². The molecule has 0 aliphatic carbocycles. The van der Waals surface area contributed by atoms with Crippen molar-refractivity contribution >= 4 is 40.7 Å². The molecule has 0 atom stereocenters. The molecule has 222 valence electrons. The van der Waals surface area contributed by atoms with Gasteiger partial charge in [-0.2, -0.15) is 0 Å². The summed E-state index contributed by atoms with van der Waals surface area (Å²) in [5.74, 6) is -1.11. The van der Waals surface area contributed by atoms with Crippen LogP contribution < -0.4 is 21.3 Å². The van der Waals surface area contributed by atoms with Crippen LogP contribution in [0.4, 0.5) is 17.1 Å². The summed E-state index contributed by atoms with van der Waals surface area (Å²) in [7, 11) is 9.12. The number of nitrogens with zero attached hydrogens (tertiary/aromatic N) is 4.